The highest BCUT2D eigenvalue weighted by molar-refractivity contribution is 6.36. The molecule has 2 aromatic carbocycles. The number of nitrogens with one attached hydrogen (secondary N) is 2. The molecule has 2 N–H and O–H groups in total. The first-order valence-electron chi connectivity index (χ1n) is 8.09. The molecule has 0 unspecified atom stereocenters. The van der Waals surface area contributed by atoms with Crippen molar-refractivity contribution >= 4 is 46.7 Å². The minimum atomic E-state index is -0.781. The Balaban J connectivity index is 1.52. The predicted molar refractivity (Wildman–Crippen MR) is 103 cm³/mol. The topological polar surface area (TPSA) is 88.9 Å². The van der Waals surface area contributed by atoms with Crippen LogP contribution < -0.4 is 10.6 Å². The van der Waals surface area contributed by atoms with Crippen LogP contribution in [0.2, 0.25) is 10.0 Å². The molecular weight excluding hydrogens is 389 g/mol. The van der Waals surface area contributed by atoms with E-state index in [-0.39, 0.29) is 18.2 Å². The quantitative estimate of drug-likeness (QED) is 0.695. The molecule has 136 valence electrons. The Morgan fingerprint density at radius 1 is 1.19 bits per heavy atom. The molecule has 0 spiro atoms. The largest absolute Gasteiger partial charge is 0.325 e. The van der Waals surface area contributed by atoms with Gasteiger partial charge in [-0.15, -0.1) is 5.10 Å². The van der Waals surface area contributed by atoms with Crippen LogP contribution in [0.15, 0.2) is 48.5 Å². The van der Waals surface area contributed by atoms with Crippen molar-refractivity contribution in [3.8, 4) is 11.4 Å². The highest BCUT2D eigenvalue weighted by atomic mass is 35.5. The Morgan fingerprint density at radius 3 is 2.70 bits per heavy atom. The van der Waals surface area contributed by atoms with Gasteiger partial charge in [0.25, 0.3) is 5.91 Å². The lowest BCUT2D eigenvalue weighted by Gasteiger charge is -2.11. The van der Waals surface area contributed by atoms with Crippen molar-refractivity contribution in [3.05, 3.63) is 58.6 Å². The highest BCUT2D eigenvalue weighted by Crippen LogP contribution is 2.29. The van der Waals surface area contributed by atoms with Crippen LogP contribution in [0.3, 0.4) is 0 Å². The van der Waals surface area contributed by atoms with Crippen LogP contribution in [-0.2, 0) is 9.59 Å². The van der Waals surface area contributed by atoms with Gasteiger partial charge < -0.3 is 5.32 Å². The average molecular weight is 402 g/mol. The predicted octanol–water partition coefficient (Wildman–Crippen LogP) is 3.77. The van der Waals surface area contributed by atoms with E-state index >= 15 is 0 Å². The van der Waals surface area contributed by atoms with E-state index < -0.39 is 6.04 Å². The van der Waals surface area contributed by atoms with E-state index in [1.54, 1.807) is 12.1 Å². The molecule has 1 aliphatic rings. The molecule has 0 saturated heterocycles. The van der Waals surface area contributed by atoms with Gasteiger partial charge >= 0.3 is 0 Å². The third kappa shape index (κ3) is 3.51. The van der Waals surface area contributed by atoms with E-state index in [1.165, 1.54) is 10.7 Å². The number of aromatic nitrogens is 3. The molecule has 2 amide bonds. The van der Waals surface area contributed by atoms with Crippen LogP contribution in [0.1, 0.15) is 12.5 Å². The highest BCUT2D eigenvalue weighted by Gasteiger charge is 2.35. The molecule has 0 fully saturated rings. The first-order valence-corrected chi connectivity index (χ1v) is 8.84. The Hall–Kier alpha value is -2.90. The van der Waals surface area contributed by atoms with Crippen molar-refractivity contribution in [1.82, 2.24) is 14.8 Å². The number of rotatable bonds is 4. The Morgan fingerprint density at radius 2 is 1.96 bits per heavy atom. The van der Waals surface area contributed by atoms with Gasteiger partial charge in [-0.05, 0) is 18.2 Å². The normalized spacial score (nSPS) is 15.3. The summed E-state index contributed by atoms with van der Waals surface area (Å²) in [5.41, 5.74) is 1.25. The summed E-state index contributed by atoms with van der Waals surface area (Å²) in [6, 6.07) is 13.4. The lowest BCUT2D eigenvalue weighted by atomic mass is 10.2. The second-order valence-electron chi connectivity index (χ2n) is 5.95. The molecule has 27 heavy (non-hydrogen) atoms. The fraction of sp³-hybridized carbons (Fsp3) is 0.111. The molecule has 9 heteroatoms. The van der Waals surface area contributed by atoms with Gasteiger partial charge in [0.2, 0.25) is 11.9 Å². The van der Waals surface area contributed by atoms with Crippen LogP contribution in [0.4, 0.5) is 11.6 Å². The number of nitrogens with zero attached hydrogens (tertiary/aromatic N) is 3. The number of halogens is 2. The molecule has 4 rings (SSSR count). The van der Waals surface area contributed by atoms with Crippen LogP contribution >= 0.6 is 23.2 Å². The van der Waals surface area contributed by atoms with Gasteiger partial charge in [-0.1, -0.05) is 53.5 Å². The van der Waals surface area contributed by atoms with Crippen LogP contribution in [0.25, 0.3) is 11.4 Å². The van der Waals surface area contributed by atoms with Crippen molar-refractivity contribution in [3.63, 3.8) is 0 Å². The zero-order valence-corrected chi connectivity index (χ0v) is 15.3. The third-order valence-corrected chi connectivity index (χ3v) is 4.63. The summed E-state index contributed by atoms with van der Waals surface area (Å²) >= 11 is 11.9. The molecule has 1 aromatic heterocycles. The second kappa shape index (κ2) is 7.02. The Bertz CT molecular complexity index is 1040. The van der Waals surface area contributed by atoms with E-state index in [4.69, 9.17) is 23.2 Å². The summed E-state index contributed by atoms with van der Waals surface area (Å²) in [5, 5.41) is 10.5. The molecule has 2 heterocycles. The number of hydrogen-bond acceptors (Lipinski definition) is 4. The van der Waals surface area contributed by atoms with E-state index in [2.05, 4.69) is 20.7 Å². The number of hydrogen-bond donors (Lipinski definition) is 2. The molecule has 0 bridgehead atoms. The molecule has 3 aromatic rings. The number of benzene rings is 2. The van der Waals surface area contributed by atoms with E-state index in [0.717, 1.165) is 5.56 Å². The van der Waals surface area contributed by atoms with Crippen molar-refractivity contribution in [2.45, 2.75) is 12.5 Å². The summed E-state index contributed by atoms with van der Waals surface area (Å²) in [6.45, 7) is 0. The van der Waals surface area contributed by atoms with Gasteiger partial charge in [-0.3, -0.25) is 14.9 Å². The average Bonchev–Trinajstić information content (AvgIpc) is 3.17. The number of carbonyl (C=O) groups excluding carboxylic acids is 2. The summed E-state index contributed by atoms with van der Waals surface area (Å²) in [5.74, 6) is 0.101. The standard InChI is InChI=1S/C18H13Cl2N5O2/c19-11-6-7-13(12(20)8-11)21-15(26)9-14-17(27)23-18-22-16(24-25(14)18)10-4-2-1-3-5-10/h1-8,14H,9H2,(H,21,26)(H,22,23,24,27)/t14-/m0/s1. The number of carbonyl (C=O) groups is 2. The fourth-order valence-electron chi connectivity index (χ4n) is 2.79. The van der Waals surface area contributed by atoms with Gasteiger partial charge in [0.05, 0.1) is 17.1 Å². The first-order chi connectivity index (χ1) is 13.0. The van der Waals surface area contributed by atoms with Crippen molar-refractivity contribution in [2.24, 2.45) is 0 Å². The SMILES string of the molecule is O=C(C[C@H]1C(=O)Nc2nc(-c3ccccc3)nn21)Nc1ccc(Cl)cc1Cl. The lowest BCUT2D eigenvalue weighted by Crippen LogP contribution is -2.23. The minimum Gasteiger partial charge on any atom is -0.325 e. The van der Waals surface area contributed by atoms with Gasteiger partial charge in [-0.2, -0.15) is 4.98 Å². The molecular formula is C18H13Cl2N5O2. The van der Waals surface area contributed by atoms with Crippen LogP contribution in [0.5, 0.6) is 0 Å². The van der Waals surface area contributed by atoms with E-state index in [9.17, 15) is 9.59 Å². The van der Waals surface area contributed by atoms with Crippen molar-refractivity contribution < 1.29 is 9.59 Å². The minimum absolute atomic E-state index is 0.102. The van der Waals surface area contributed by atoms with Crippen molar-refractivity contribution in [2.75, 3.05) is 10.6 Å². The van der Waals surface area contributed by atoms with E-state index in [0.29, 0.717) is 27.5 Å². The number of amides is 2. The third-order valence-electron chi connectivity index (χ3n) is 4.08. The molecule has 0 aliphatic carbocycles. The molecule has 0 saturated carbocycles. The second-order valence-corrected chi connectivity index (χ2v) is 6.79. The zero-order chi connectivity index (χ0) is 19.0. The maximum absolute atomic E-state index is 12.4. The smallest absolute Gasteiger partial charge is 0.252 e. The van der Waals surface area contributed by atoms with Crippen LogP contribution in [-0.4, -0.2) is 26.6 Å². The molecule has 0 radical (unpaired) electrons. The van der Waals surface area contributed by atoms with Crippen LogP contribution in [0, 0.1) is 0 Å². The van der Waals surface area contributed by atoms with Gasteiger partial charge in [-0.25, -0.2) is 4.68 Å². The summed E-state index contributed by atoms with van der Waals surface area (Å²) < 4.78 is 1.44. The monoisotopic (exact) mass is 401 g/mol. The maximum atomic E-state index is 12.4. The van der Waals surface area contributed by atoms with Gasteiger partial charge in [0.15, 0.2) is 5.82 Å². The van der Waals surface area contributed by atoms with Gasteiger partial charge in [0.1, 0.15) is 6.04 Å². The zero-order valence-electron chi connectivity index (χ0n) is 13.8. The summed E-state index contributed by atoms with van der Waals surface area (Å²) in [4.78, 5) is 28.9. The lowest BCUT2D eigenvalue weighted by molar-refractivity contribution is -0.123. The van der Waals surface area contributed by atoms with Gasteiger partial charge in [0, 0.05) is 10.6 Å². The summed E-state index contributed by atoms with van der Waals surface area (Å²) in [6.07, 6.45) is -0.102. The van der Waals surface area contributed by atoms with Crippen molar-refractivity contribution in [1.29, 1.82) is 0 Å². The summed E-state index contributed by atoms with van der Waals surface area (Å²) in [7, 11) is 0. The fourth-order valence-corrected chi connectivity index (χ4v) is 3.24. The Kier molecular flexibility index (Phi) is 4.55. The maximum Gasteiger partial charge on any atom is 0.252 e. The number of fused-ring (bicyclic) bond motifs is 1. The molecule has 1 atom stereocenters. The molecule has 1 aliphatic heterocycles. The first kappa shape index (κ1) is 17.5. The molecule has 7 nitrogen and oxygen atoms in total. The number of anilines is 2. The van der Waals surface area contributed by atoms with E-state index in [1.807, 2.05) is 30.3 Å². The Labute approximate surface area is 164 Å².